The summed E-state index contributed by atoms with van der Waals surface area (Å²) in [5.41, 5.74) is 1.54. The van der Waals surface area contributed by atoms with E-state index in [2.05, 4.69) is 5.32 Å². The van der Waals surface area contributed by atoms with Crippen molar-refractivity contribution in [2.75, 3.05) is 17.4 Å². The molecule has 0 saturated heterocycles. The van der Waals surface area contributed by atoms with Crippen molar-refractivity contribution in [2.45, 2.75) is 23.8 Å². The SMILES string of the molecule is C[C@@H](CNC(=O)[C@@H]1CN(S(=O)(=O)c2ccccc2)c2ccccc2O1)c1ccccc1. The minimum absolute atomic E-state index is 0.0974. The molecule has 0 aromatic heterocycles. The third-order valence-corrected chi connectivity index (χ3v) is 7.10. The Hall–Kier alpha value is -3.32. The van der Waals surface area contributed by atoms with E-state index in [9.17, 15) is 13.2 Å². The van der Waals surface area contributed by atoms with Crippen LogP contribution in [0, 0.1) is 0 Å². The van der Waals surface area contributed by atoms with E-state index < -0.39 is 16.1 Å². The van der Waals surface area contributed by atoms with Gasteiger partial charge in [-0.1, -0.05) is 67.6 Å². The lowest BCUT2D eigenvalue weighted by molar-refractivity contribution is -0.127. The molecule has 1 N–H and O–H groups in total. The number of ether oxygens (including phenoxy) is 1. The van der Waals surface area contributed by atoms with E-state index >= 15 is 0 Å². The predicted molar refractivity (Wildman–Crippen MR) is 120 cm³/mol. The van der Waals surface area contributed by atoms with E-state index in [-0.39, 0.29) is 23.3 Å². The van der Waals surface area contributed by atoms with Gasteiger partial charge < -0.3 is 10.1 Å². The second-order valence-corrected chi connectivity index (χ2v) is 9.34. The number of carbonyl (C=O) groups excluding carboxylic acids is 1. The Balaban J connectivity index is 1.55. The van der Waals surface area contributed by atoms with Gasteiger partial charge in [0.25, 0.3) is 15.9 Å². The number of anilines is 1. The van der Waals surface area contributed by atoms with Crippen LogP contribution in [0.3, 0.4) is 0 Å². The highest BCUT2D eigenvalue weighted by atomic mass is 32.2. The lowest BCUT2D eigenvalue weighted by Gasteiger charge is -2.34. The van der Waals surface area contributed by atoms with Crippen LogP contribution < -0.4 is 14.4 Å². The first-order chi connectivity index (χ1) is 15.0. The molecular weight excluding hydrogens is 412 g/mol. The van der Waals surface area contributed by atoms with Crippen LogP contribution in [0.15, 0.2) is 89.8 Å². The van der Waals surface area contributed by atoms with Gasteiger partial charge >= 0.3 is 0 Å². The van der Waals surface area contributed by atoms with Crippen molar-refractivity contribution in [3.05, 3.63) is 90.5 Å². The van der Waals surface area contributed by atoms with Crippen LogP contribution in [0.5, 0.6) is 5.75 Å². The first-order valence-corrected chi connectivity index (χ1v) is 11.6. The lowest BCUT2D eigenvalue weighted by atomic mass is 10.0. The molecule has 4 rings (SSSR count). The van der Waals surface area contributed by atoms with E-state index in [4.69, 9.17) is 4.74 Å². The zero-order valence-electron chi connectivity index (χ0n) is 17.1. The zero-order valence-corrected chi connectivity index (χ0v) is 18.0. The summed E-state index contributed by atoms with van der Waals surface area (Å²) in [4.78, 5) is 13.1. The Labute approximate surface area is 182 Å². The van der Waals surface area contributed by atoms with Crippen LogP contribution in [0.2, 0.25) is 0 Å². The van der Waals surface area contributed by atoms with Crippen molar-refractivity contribution in [1.29, 1.82) is 0 Å². The highest BCUT2D eigenvalue weighted by Gasteiger charge is 2.37. The Kier molecular flexibility index (Phi) is 5.95. The molecule has 160 valence electrons. The molecular formula is C24H24N2O4S. The third-order valence-electron chi connectivity index (χ3n) is 5.31. The molecule has 0 unspecified atom stereocenters. The summed E-state index contributed by atoms with van der Waals surface area (Å²) in [5.74, 6) is 0.139. The van der Waals surface area contributed by atoms with E-state index in [1.807, 2.05) is 37.3 Å². The van der Waals surface area contributed by atoms with Gasteiger partial charge in [0.15, 0.2) is 6.10 Å². The number of hydrogen-bond acceptors (Lipinski definition) is 4. The predicted octanol–water partition coefficient (Wildman–Crippen LogP) is 3.56. The number of carbonyl (C=O) groups is 1. The van der Waals surface area contributed by atoms with Crippen LogP contribution in [0.4, 0.5) is 5.69 Å². The molecule has 31 heavy (non-hydrogen) atoms. The molecule has 1 amide bonds. The summed E-state index contributed by atoms with van der Waals surface area (Å²) < 4.78 is 33.7. The maximum absolute atomic E-state index is 13.3. The quantitative estimate of drug-likeness (QED) is 0.641. The maximum atomic E-state index is 13.3. The van der Waals surface area contributed by atoms with Crippen molar-refractivity contribution < 1.29 is 17.9 Å². The van der Waals surface area contributed by atoms with Crippen molar-refractivity contribution in [1.82, 2.24) is 5.32 Å². The van der Waals surface area contributed by atoms with E-state index in [0.717, 1.165) is 5.56 Å². The van der Waals surface area contributed by atoms with Gasteiger partial charge in [-0.3, -0.25) is 9.10 Å². The average molecular weight is 437 g/mol. The largest absolute Gasteiger partial charge is 0.476 e. The fourth-order valence-electron chi connectivity index (χ4n) is 3.55. The molecule has 3 aromatic carbocycles. The number of sulfonamides is 1. The monoisotopic (exact) mass is 436 g/mol. The molecule has 3 aromatic rings. The fraction of sp³-hybridized carbons (Fsp3) is 0.208. The standard InChI is InChI=1S/C24H24N2O4S/c1-18(19-10-4-2-5-11-19)16-25-24(27)23-17-26(21-14-8-9-15-22(21)30-23)31(28,29)20-12-6-3-7-13-20/h2-15,18,23H,16-17H2,1H3,(H,25,27)/t18-,23-/m0/s1. The molecule has 0 radical (unpaired) electrons. The first kappa shape index (κ1) is 20.9. The van der Waals surface area contributed by atoms with Crippen LogP contribution in [0.1, 0.15) is 18.4 Å². The molecule has 7 heteroatoms. The van der Waals surface area contributed by atoms with Gasteiger partial charge in [0.1, 0.15) is 5.75 Å². The normalized spacial score (nSPS) is 16.7. The van der Waals surface area contributed by atoms with Gasteiger partial charge in [-0.15, -0.1) is 0 Å². The average Bonchev–Trinajstić information content (AvgIpc) is 2.82. The number of nitrogens with zero attached hydrogens (tertiary/aromatic N) is 1. The maximum Gasteiger partial charge on any atom is 0.264 e. The Morgan fingerprint density at radius 2 is 1.61 bits per heavy atom. The van der Waals surface area contributed by atoms with Gasteiger partial charge in [-0.25, -0.2) is 8.42 Å². The van der Waals surface area contributed by atoms with Crippen LogP contribution >= 0.6 is 0 Å². The molecule has 0 bridgehead atoms. The Morgan fingerprint density at radius 1 is 1.00 bits per heavy atom. The summed E-state index contributed by atoms with van der Waals surface area (Å²) in [7, 11) is -3.84. The van der Waals surface area contributed by atoms with Gasteiger partial charge in [-0.2, -0.15) is 0 Å². The Bertz CT molecular complexity index is 1150. The summed E-state index contributed by atoms with van der Waals surface area (Å²) in [6.07, 6.45) is -0.948. The van der Waals surface area contributed by atoms with Gasteiger partial charge in [0, 0.05) is 6.54 Å². The lowest BCUT2D eigenvalue weighted by Crippen LogP contribution is -2.51. The number of benzene rings is 3. The first-order valence-electron chi connectivity index (χ1n) is 10.1. The molecule has 1 aliphatic rings. The van der Waals surface area contributed by atoms with Crippen molar-refractivity contribution in [2.24, 2.45) is 0 Å². The molecule has 1 heterocycles. The second kappa shape index (κ2) is 8.81. The van der Waals surface area contributed by atoms with Crippen LogP contribution in [-0.2, 0) is 14.8 Å². The molecule has 0 spiro atoms. The smallest absolute Gasteiger partial charge is 0.264 e. The number of para-hydroxylation sites is 2. The number of nitrogens with one attached hydrogen (secondary N) is 1. The number of rotatable bonds is 6. The van der Waals surface area contributed by atoms with Crippen molar-refractivity contribution >= 4 is 21.6 Å². The van der Waals surface area contributed by atoms with E-state index in [1.54, 1.807) is 54.6 Å². The molecule has 2 atom stereocenters. The minimum atomic E-state index is -3.84. The zero-order chi connectivity index (χ0) is 21.8. The van der Waals surface area contributed by atoms with Crippen molar-refractivity contribution in [3.8, 4) is 5.75 Å². The molecule has 0 saturated carbocycles. The van der Waals surface area contributed by atoms with Crippen molar-refractivity contribution in [3.63, 3.8) is 0 Å². The summed E-state index contributed by atoms with van der Waals surface area (Å²) in [5, 5.41) is 2.91. The Morgan fingerprint density at radius 3 is 2.32 bits per heavy atom. The second-order valence-electron chi connectivity index (χ2n) is 7.48. The highest BCUT2D eigenvalue weighted by Crippen LogP contribution is 2.36. The topological polar surface area (TPSA) is 75.7 Å². The molecule has 1 aliphatic heterocycles. The van der Waals surface area contributed by atoms with E-state index in [1.165, 1.54) is 4.31 Å². The van der Waals surface area contributed by atoms with Gasteiger partial charge in [0.05, 0.1) is 17.1 Å². The summed E-state index contributed by atoms with van der Waals surface area (Å²) in [6, 6.07) is 25.0. The highest BCUT2D eigenvalue weighted by molar-refractivity contribution is 7.92. The minimum Gasteiger partial charge on any atom is -0.476 e. The summed E-state index contributed by atoms with van der Waals surface area (Å²) in [6.45, 7) is 2.36. The third kappa shape index (κ3) is 4.41. The van der Waals surface area contributed by atoms with Gasteiger partial charge in [-0.05, 0) is 35.7 Å². The van der Waals surface area contributed by atoms with E-state index in [0.29, 0.717) is 18.0 Å². The van der Waals surface area contributed by atoms with Crippen LogP contribution in [-0.4, -0.2) is 33.5 Å². The number of amides is 1. The molecule has 0 fully saturated rings. The fourth-order valence-corrected chi connectivity index (χ4v) is 5.05. The summed E-state index contributed by atoms with van der Waals surface area (Å²) >= 11 is 0. The molecule has 6 nitrogen and oxygen atoms in total. The molecule has 0 aliphatic carbocycles. The number of hydrogen-bond donors (Lipinski definition) is 1. The van der Waals surface area contributed by atoms with Crippen LogP contribution in [0.25, 0.3) is 0 Å². The number of fused-ring (bicyclic) bond motifs is 1. The van der Waals surface area contributed by atoms with Gasteiger partial charge in [0.2, 0.25) is 0 Å².